The van der Waals surface area contributed by atoms with Gasteiger partial charge in [0.1, 0.15) is 12.2 Å². The maximum Gasteiger partial charge on any atom is 0.143 e. The first-order valence-electron chi connectivity index (χ1n) is 4.77. The fourth-order valence-corrected chi connectivity index (χ4v) is 0.931. The topological polar surface area (TPSA) is 60.7 Å². The summed E-state index contributed by atoms with van der Waals surface area (Å²) in [6, 6.07) is 9.29. The molecule has 82 valence electrons. The monoisotopic (exact) mass is 216 g/mol. The number of rotatable bonds is 2. The van der Waals surface area contributed by atoms with Crippen LogP contribution in [0.15, 0.2) is 30.3 Å². The van der Waals surface area contributed by atoms with Crippen molar-refractivity contribution < 1.29 is 15.3 Å². The Morgan fingerprint density at radius 1 is 1.06 bits per heavy atom. The van der Waals surface area contributed by atoms with E-state index in [0.717, 1.165) is 5.56 Å². The lowest BCUT2D eigenvalue weighted by Crippen LogP contribution is -2.27. The van der Waals surface area contributed by atoms with Gasteiger partial charge in [-0.2, -0.15) is 0 Å². The molecular formula is C13H12O3. The summed E-state index contributed by atoms with van der Waals surface area (Å²) in [5, 5.41) is 26.7. The fourth-order valence-electron chi connectivity index (χ4n) is 0.931. The van der Waals surface area contributed by atoms with Gasteiger partial charge in [0.15, 0.2) is 0 Å². The lowest BCUT2D eigenvalue weighted by Gasteiger charge is -2.07. The van der Waals surface area contributed by atoms with Crippen LogP contribution in [0.4, 0.5) is 0 Å². The van der Waals surface area contributed by atoms with Crippen LogP contribution in [-0.4, -0.2) is 34.1 Å². The largest absolute Gasteiger partial charge is 0.394 e. The van der Waals surface area contributed by atoms with E-state index in [-0.39, 0.29) is 0 Å². The van der Waals surface area contributed by atoms with Crippen LogP contribution in [0.3, 0.4) is 0 Å². The van der Waals surface area contributed by atoms with Gasteiger partial charge < -0.3 is 15.3 Å². The quantitative estimate of drug-likeness (QED) is 0.598. The summed E-state index contributed by atoms with van der Waals surface area (Å²) in [6.07, 6.45) is -2.51. The highest BCUT2D eigenvalue weighted by atomic mass is 16.4. The zero-order chi connectivity index (χ0) is 11.8. The Morgan fingerprint density at radius 2 is 1.75 bits per heavy atom. The summed E-state index contributed by atoms with van der Waals surface area (Å²) < 4.78 is 0. The highest BCUT2D eigenvalue weighted by Crippen LogP contribution is 1.94. The number of benzene rings is 1. The molecule has 0 amide bonds. The molecule has 0 saturated carbocycles. The van der Waals surface area contributed by atoms with Gasteiger partial charge in [-0.15, -0.1) is 0 Å². The predicted molar refractivity (Wildman–Crippen MR) is 60.2 cm³/mol. The van der Waals surface area contributed by atoms with Gasteiger partial charge in [-0.1, -0.05) is 30.0 Å². The Bertz CT molecular complexity index is 431. The molecule has 3 N–H and O–H groups in total. The van der Waals surface area contributed by atoms with Crippen molar-refractivity contribution in [3.8, 4) is 23.7 Å². The zero-order valence-corrected chi connectivity index (χ0v) is 8.59. The van der Waals surface area contributed by atoms with Crippen LogP contribution in [0.1, 0.15) is 5.56 Å². The Morgan fingerprint density at radius 3 is 2.38 bits per heavy atom. The lowest BCUT2D eigenvalue weighted by molar-refractivity contribution is 0.0139. The summed E-state index contributed by atoms with van der Waals surface area (Å²) in [5.74, 6) is 10.1. The van der Waals surface area contributed by atoms with Crippen LogP contribution < -0.4 is 0 Å². The molecule has 16 heavy (non-hydrogen) atoms. The SMILES string of the molecule is OC[C@H](O)[C@H](O)C#CC#Cc1ccccc1. The molecule has 3 heteroatoms. The van der Waals surface area contributed by atoms with Crippen LogP contribution in [-0.2, 0) is 0 Å². The minimum absolute atomic E-state index is 0.526. The maximum absolute atomic E-state index is 9.16. The zero-order valence-electron chi connectivity index (χ0n) is 8.59. The summed E-state index contributed by atoms with van der Waals surface area (Å²) in [4.78, 5) is 0. The van der Waals surface area contributed by atoms with Crippen LogP contribution in [0.5, 0.6) is 0 Å². The summed E-state index contributed by atoms with van der Waals surface area (Å²) in [5.41, 5.74) is 0.828. The molecule has 1 aromatic rings. The fraction of sp³-hybridized carbons (Fsp3) is 0.231. The van der Waals surface area contributed by atoms with E-state index in [2.05, 4.69) is 23.7 Å². The first-order valence-corrected chi connectivity index (χ1v) is 4.77. The summed E-state index contributed by atoms with van der Waals surface area (Å²) in [6.45, 7) is -0.526. The minimum Gasteiger partial charge on any atom is -0.394 e. The van der Waals surface area contributed by atoms with Crippen LogP contribution in [0.2, 0.25) is 0 Å². The third-order valence-corrected chi connectivity index (χ3v) is 1.81. The molecule has 3 nitrogen and oxygen atoms in total. The van der Waals surface area contributed by atoms with Gasteiger partial charge in [0.05, 0.1) is 6.61 Å². The Labute approximate surface area is 94.4 Å². The smallest absolute Gasteiger partial charge is 0.143 e. The second-order valence-corrected chi connectivity index (χ2v) is 3.08. The second kappa shape index (κ2) is 6.66. The van der Waals surface area contributed by atoms with Crippen molar-refractivity contribution in [3.63, 3.8) is 0 Å². The molecule has 0 aliphatic rings. The van der Waals surface area contributed by atoms with Crippen LogP contribution in [0.25, 0.3) is 0 Å². The molecular weight excluding hydrogens is 204 g/mol. The molecule has 0 aliphatic heterocycles. The third-order valence-electron chi connectivity index (χ3n) is 1.81. The molecule has 1 aromatic carbocycles. The number of hydrogen-bond donors (Lipinski definition) is 3. The molecule has 0 bridgehead atoms. The molecule has 0 unspecified atom stereocenters. The second-order valence-electron chi connectivity index (χ2n) is 3.08. The van der Waals surface area contributed by atoms with E-state index < -0.39 is 18.8 Å². The van der Waals surface area contributed by atoms with Crippen LogP contribution >= 0.6 is 0 Å². The van der Waals surface area contributed by atoms with E-state index in [1.165, 1.54) is 0 Å². The van der Waals surface area contributed by atoms with Crippen molar-refractivity contribution in [1.82, 2.24) is 0 Å². The third kappa shape index (κ3) is 4.16. The van der Waals surface area contributed by atoms with E-state index >= 15 is 0 Å². The van der Waals surface area contributed by atoms with Gasteiger partial charge in [-0.25, -0.2) is 0 Å². The van der Waals surface area contributed by atoms with Gasteiger partial charge in [-0.3, -0.25) is 0 Å². The van der Waals surface area contributed by atoms with E-state index in [1.54, 1.807) is 0 Å². The first kappa shape index (κ1) is 12.3. The van der Waals surface area contributed by atoms with Crippen molar-refractivity contribution in [1.29, 1.82) is 0 Å². The van der Waals surface area contributed by atoms with Gasteiger partial charge >= 0.3 is 0 Å². The number of hydrogen-bond acceptors (Lipinski definition) is 3. The lowest BCUT2D eigenvalue weighted by atomic mass is 10.2. The van der Waals surface area contributed by atoms with Gasteiger partial charge in [0.25, 0.3) is 0 Å². The van der Waals surface area contributed by atoms with Gasteiger partial charge in [0, 0.05) is 5.56 Å². The maximum atomic E-state index is 9.16. The number of aliphatic hydroxyl groups excluding tert-OH is 3. The Balaban J connectivity index is 2.58. The van der Waals surface area contributed by atoms with Crippen LogP contribution in [0, 0.1) is 23.7 Å². The van der Waals surface area contributed by atoms with Crippen molar-refractivity contribution >= 4 is 0 Å². The molecule has 0 fully saturated rings. The van der Waals surface area contributed by atoms with E-state index in [0.29, 0.717) is 0 Å². The van der Waals surface area contributed by atoms with Crippen molar-refractivity contribution in [2.45, 2.75) is 12.2 Å². The normalized spacial score (nSPS) is 12.7. The Kier molecular flexibility index (Phi) is 5.11. The molecule has 0 radical (unpaired) electrons. The number of aliphatic hydroxyl groups is 3. The first-order chi connectivity index (χ1) is 7.74. The van der Waals surface area contributed by atoms with Gasteiger partial charge in [0.2, 0.25) is 0 Å². The molecule has 0 spiro atoms. The summed E-state index contributed by atoms with van der Waals surface area (Å²) in [7, 11) is 0. The van der Waals surface area contributed by atoms with Crippen molar-refractivity contribution in [3.05, 3.63) is 35.9 Å². The van der Waals surface area contributed by atoms with Gasteiger partial charge in [-0.05, 0) is 24.0 Å². The Hall–Kier alpha value is -1.78. The molecule has 0 aliphatic carbocycles. The molecule has 0 aromatic heterocycles. The van der Waals surface area contributed by atoms with Crippen molar-refractivity contribution in [2.75, 3.05) is 6.61 Å². The van der Waals surface area contributed by atoms with Crippen molar-refractivity contribution in [2.24, 2.45) is 0 Å². The molecule has 1 rings (SSSR count). The summed E-state index contributed by atoms with van der Waals surface area (Å²) >= 11 is 0. The van der Waals surface area contributed by atoms with E-state index in [9.17, 15) is 0 Å². The average molecular weight is 216 g/mol. The van der Waals surface area contributed by atoms with E-state index in [4.69, 9.17) is 15.3 Å². The molecule has 2 atom stereocenters. The molecule has 0 saturated heterocycles. The van der Waals surface area contributed by atoms with E-state index in [1.807, 2.05) is 30.3 Å². The molecule has 0 heterocycles. The highest BCUT2D eigenvalue weighted by molar-refractivity contribution is 5.39. The highest BCUT2D eigenvalue weighted by Gasteiger charge is 2.10. The predicted octanol–water partition coefficient (Wildman–Crippen LogP) is -0.244. The standard InChI is InChI=1S/C13H12O3/c14-10-13(16)12(15)9-5-4-8-11-6-2-1-3-7-11/h1-3,6-7,12-16H,10H2/t12-,13+/m1/s1. The minimum atomic E-state index is -1.27. The average Bonchev–Trinajstić information content (AvgIpc) is 2.34.